The zero-order valence-corrected chi connectivity index (χ0v) is 8.66. The van der Waals surface area contributed by atoms with E-state index in [0.29, 0.717) is 16.8 Å². The van der Waals surface area contributed by atoms with E-state index in [1.165, 1.54) is 12.3 Å². The maximum absolute atomic E-state index is 12.5. The Kier molecular flexibility index (Phi) is 2.89. The van der Waals surface area contributed by atoms with E-state index >= 15 is 0 Å². The maximum atomic E-state index is 12.5. The quantitative estimate of drug-likeness (QED) is 0.880. The Bertz CT molecular complexity index is 519. The van der Waals surface area contributed by atoms with E-state index in [4.69, 9.17) is 10.3 Å². The first kappa shape index (κ1) is 11.7. The summed E-state index contributed by atoms with van der Waals surface area (Å²) < 4.78 is 42.3. The van der Waals surface area contributed by atoms with E-state index in [0.717, 1.165) is 12.1 Å². The van der Waals surface area contributed by atoms with Gasteiger partial charge in [0.15, 0.2) is 0 Å². The van der Waals surface area contributed by atoms with Gasteiger partial charge >= 0.3 is 6.18 Å². The van der Waals surface area contributed by atoms with Crippen molar-refractivity contribution in [2.45, 2.75) is 12.7 Å². The van der Waals surface area contributed by atoms with Crippen LogP contribution < -0.4 is 5.73 Å². The van der Waals surface area contributed by atoms with Crippen LogP contribution in [0.4, 0.5) is 13.2 Å². The maximum Gasteiger partial charge on any atom is 0.416 e. The third kappa shape index (κ3) is 2.31. The molecule has 1 heterocycles. The number of nitrogens with two attached hydrogens (primary N) is 1. The predicted molar refractivity (Wildman–Crippen MR) is 54.8 cm³/mol. The highest BCUT2D eigenvalue weighted by molar-refractivity contribution is 5.65. The number of benzene rings is 1. The van der Waals surface area contributed by atoms with Gasteiger partial charge < -0.3 is 10.3 Å². The third-order valence-electron chi connectivity index (χ3n) is 2.34. The Morgan fingerprint density at radius 2 is 2.06 bits per heavy atom. The minimum Gasteiger partial charge on any atom is -0.364 e. The first-order chi connectivity index (χ1) is 8.02. The van der Waals surface area contributed by atoms with Crippen molar-refractivity contribution in [3.05, 3.63) is 41.8 Å². The molecule has 0 saturated carbocycles. The van der Waals surface area contributed by atoms with Crippen LogP contribution in [0.25, 0.3) is 11.1 Å². The van der Waals surface area contributed by atoms with Crippen molar-refractivity contribution in [1.82, 2.24) is 5.16 Å². The number of hydrogen-bond donors (Lipinski definition) is 1. The number of alkyl halides is 3. The van der Waals surface area contributed by atoms with Gasteiger partial charge in [-0.05, 0) is 17.7 Å². The molecule has 0 aliphatic carbocycles. The van der Waals surface area contributed by atoms with Gasteiger partial charge in [0.2, 0.25) is 0 Å². The molecule has 0 fully saturated rings. The molecule has 0 atom stereocenters. The molecule has 1 aromatic carbocycles. The van der Waals surface area contributed by atoms with Gasteiger partial charge in [-0.25, -0.2) is 0 Å². The van der Waals surface area contributed by atoms with Crippen LogP contribution in [0.2, 0.25) is 0 Å². The summed E-state index contributed by atoms with van der Waals surface area (Å²) in [6.07, 6.45) is -3.08. The second-order valence-electron chi connectivity index (χ2n) is 3.46. The van der Waals surface area contributed by atoms with Crippen molar-refractivity contribution in [1.29, 1.82) is 0 Å². The lowest BCUT2D eigenvalue weighted by Crippen LogP contribution is -2.05. The molecule has 0 saturated heterocycles. The average Bonchev–Trinajstić information content (AvgIpc) is 2.76. The largest absolute Gasteiger partial charge is 0.416 e. The summed E-state index contributed by atoms with van der Waals surface area (Å²) in [5.74, 6) is 0. The molecule has 0 radical (unpaired) electrons. The fourth-order valence-electron chi connectivity index (χ4n) is 1.50. The van der Waals surface area contributed by atoms with Gasteiger partial charge in [-0.1, -0.05) is 17.3 Å². The van der Waals surface area contributed by atoms with Gasteiger partial charge in [0.1, 0.15) is 12.0 Å². The van der Waals surface area contributed by atoms with Crippen LogP contribution in [0.3, 0.4) is 0 Å². The molecular formula is C11H9F3N2O. The molecular weight excluding hydrogens is 233 g/mol. The van der Waals surface area contributed by atoms with Crippen LogP contribution in [0, 0.1) is 0 Å². The van der Waals surface area contributed by atoms with Gasteiger partial charge in [-0.3, -0.25) is 0 Å². The normalized spacial score (nSPS) is 11.8. The van der Waals surface area contributed by atoms with Crippen LogP contribution >= 0.6 is 0 Å². The van der Waals surface area contributed by atoms with Gasteiger partial charge in [0.05, 0.1) is 5.56 Å². The Hall–Kier alpha value is -1.82. The monoisotopic (exact) mass is 242 g/mol. The predicted octanol–water partition coefficient (Wildman–Crippen LogP) is 2.82. The molecule has 2 rings (SSSR count). The molecule has 3 nitrogen and oxygen atoms in total. The van der Waals surface area contributed by atoms with Crippen LogP contribution in [0.15, 0.2) is 35.1 Å². The topological polar surface area (TPSA) is 52.0 Å². The number of nitrogens with zero attached hydrogens (tertiary/aromatic N) is 1. The number of hydrogen-bond acceptors (Lipinski definition) is 3. The summed E-state index contributed by atoms with van der Waals surface area (Å²) in [5.41, 5.74) is 6.01. The molecule has 0 amide bonds. The molecule has 0 bridgehead atoms. The third-order valence-corrected chi connectivity index (χ3v) is 2.34. The van der Waals surface area contributed by atoms with Crippen LogP contribution in [0.1, 0.15) is 11.3 Å². The lowest BCUT2D eigenvalue weighted by Gasteiger charge is -2.08. The summed E-state index contributed by atoms with van der Waals surface area (Å²) in [5, 5.41) is 3.62. The highest BCUT2D eigenvalue weighted by Crippen LogP contribution is 2.32. The molecule has 2 N–H and O–H groups in total. The fraction of sp³-hybridized carbons (Fsp3) is 0.182. The second-order valence-corrected chi connectivity index (χ2v) is 3.46. The molecule has 0 aliphatic rings. The van der Waals surface area contributed by atoms with Gasteiger partial charge in [0.25, 0.3) is 0 Å². The highest BCUT2D eigenvalue weighted by Gasteiger charge is 2.30. The highest BCUT2D eigenvalue weighted by atomic mass is 19.4. The van der Waals surface area contributed by atoms with Crippen molar-refractivity contribution < 1.29 is 17.7 Å². The standard InChI is InChI=1S/C11H9F3N2O/c12-11(13,14)8-3-1-2-7(4-8)9-6-17-16-10(9)5-15/h1-4,6H,5,15H2. The number of aromatic nitrogens is 1. The van der Waals surface area contributed by atoms with E-state index in [1.54, 1.807) is 6.07 Å². The van der Waals surface area contributed by atoms with E-state index in [-0.39, 0.29) is 6.54 Å². The summed E-state index contributed by atoms with van der Waals surface area (Å²) >= 11 is 0. The minimum absolute atomic E-state index is 0.113. The summed E-state index contributed by atoms with van der Waals surface area (Å²) in [4.78, 5) is 0. The molecule has 1 aromatic heterocycles. The van der Waals surface area contributed by atoms with Crippen LogP contribution in [0.5, 0.6) is 0 Å². The van der Waals surface area contributed by atoms with Gasteiger partial charge in [-0.15, -0.1) is 0 Å². The summed E-state index contributed by atoms with van der Waals surface area (Å²) in [7, 11) is 0. The van der Waals surface area contributed by atoms with Crippen LogP contribution in [-0.4, -0.2) is 5.16 Å². The van der Waals surface area contributed by atoms with E-state index < -0.39 is 11.7 Å². The molecule has 2 aromatic rings. The summed E-state index contributed by atoms with van der Waals surface area (Å²) in [6.45, 7) is 0.113. The minimum atomic E-state index is -4.37. The molecule has 6 heteroatoms. The zero-order chi connectivity index (χ0) is 12.5. The smallest absolute Gasteiger partial charge is 0.364 e. The van der Waals surface area contributed by atoms with Crippen molar-refractivity contribution in [2.24, 2.45) is 5.73 Å². The van der Waals surface area contributed by atoms with E-state index in [2.05, 4.69) is 5.16 Å². The fourth-order valence-corrected chi connectivity index (χ4v) is 1.50. The van der Waals surface area contributed by atoms with Crippen molar-refractivity contribution in [2.75, 3.05) is 0 Å². The molecule has 90 valence electrons. The van der Waals surface area contributed by atoms with Gasteiger partial charge in [0, 0.05) is 12.1 Å². The molecule has 0 aliphatic heterocycles. The lowest BCUT2D eigenvalue weighted by molar-refractivity contribution is -0.137. The first-order valence-electron chi connectivity index (χ1n) is 4.83. The SMILES string of the molecule is NCc1nocc1-c1cccc(C(F)(F)F)c1. The second kappa shape index (κ2) is 4.21. The average molecular weight is 242 g/mol. The number of rotatable bonds is 2. The Morgan fingerprint density at radius 3 is 2.71 bits per heavy atom. The van der Waals surface area contributed by atoms with Gasteiger partial charge in [-0.2, -0.15) is 13.2 Å². The van der Waals surface area contributed by atoms with E-state index in [1.807, 2.05) is 0 Å². The zero-order valence-electron chi connectivity index (χ0n) is 8.66. The Balaban J connectivity index is 2.47. The molecule has 0 spiro atoms. The summed E-state index contributed by atoms with van der Waals surface area (Å²) in [6, 6.07) is 4.96. The van der Waals surface area contributed by atoms with Crippen molar-refractivity contribution in [3.63, 3.8) is 0 Å². The molecule has 0 unspecified atom stereocenters. The first-order valence-corrected chi connectivity index (χ1v) is 4.83. The van der Waals surface area contributed by atoms with E-state index in [9.17, 15) is 13.2 Å². The van der Waals surface area contributed by atoms with Crippen LogP contribution in [-0.2, 0) is 12.7 Å². The lowest BCUT2D eigenvalue weighted by atomic mass is 10.0. The number of halogens is 3. The Labute approximate surface area is 95.0 Å². The van der Waals surface area contributed by atoms with Crippen molar-refractivity contribution >= 4 is 0 Å². The van der Waals surface area contributed by atoms with Crippen molar-refractivity contribution in [3.8, 4) is 11.1 Å². The molecule has 17 heavy (non-hydrogen) atoms. The Morgan fingerprint density at radius 1 is 1.29 bits per heavy atom.